The van der Waals surface area contributed by atoms with Crippen LogP contribution < -0.4 is 5.32 Å². The Morgan fingerprint density at radius 1 is 1.22 bits per heavy atom. The van der Waals surface area contributed by atoms with Gasteiger partial charge in [-0.3, -0.25) is 4.79 Å². The number of anilines is 1. The fourth-order valence-corrected chi connectivity index (χ4v) is 2.39. The molecule has 0 unspecified atom stereocenters. The molecule has 1 amide bonds. The monoisotopic (exact) mass is 414 g/mol. The molecule has 0 spiro atoms. The topological polar surface area (TPSA) is 50.7 Å². The van der Waals surface area contributed by atoms with Crippen molar-refractivity contribution in [2.45, 2.75) is 13.0 Å². The molecule has 0 fully saturated rings. The van der Waals surface area contributed by atoms with E-state index in [0.29, 0.717) is 10.0 Å². The molecule has 0 aliphatic heterocycles. The van der Waals surface area contributed by atoms with Crippen molar-refractivity contribution in [2.24, 2.45) is 5.16 Å². The average Bonchev–Trinajstić information content (AvgIpc) is 2.51. The van der Waals surface area contributed by atoms with E-state index in [2.05, 4.69) is 26.4 Å². The van der Waals surface area contributed by atoms with Crippen molar-refractivity contribution >= 4 is 56.9 Å². The number of benzene rings is 2. The molecule has 7 heteroatoms. The van der Waals surface area contributed by atoms with Crippen LogP contribution in [0.15, 0.2) is 52.1 Å². The maximum atomic E-state index is 11.7. The molecule has 2 rings (SSSR count). The number of amides is 1. The van der Waals surface area contributed by atoms with E-state index in [1.165, 1.54) is 6.21 Å². The molecule has 0 bridgehead atoms. The lowest BCUT2D eigenvalue weighted by molar-refractivity contribution is -0.115. The Morgan fingerprint density at radius 3 is 2.65 bits per heavy atom. The zero-order chi connectivity index (χ0) is 16.7. The third-order valence-corrected chi connectivity index (χ3v) is 3.90. The summed E-state index contributed by atoms with van der Waals surface area (Å²) in [4.78, 5) is 16.8. The van der Waals surface area contributed by atoms with Crippen LogP contribution in [0.3, 0.4) is 0 Å². The van der Waals surface area contributed by atoms with Gasteiger partial charge in [-0.25, -0.2) is 0 Å². The average molecular weight is 416 g/mol. The molecule has 0 radical (unpaired) electrons. The Labute approximate surface area is 152 Å². The van der Waals surface area contributed by atoms with Crippen LogP contribution >= 0.6 is 39.1 Å². The normalized spacial score (nSPS) is 10.7. The van der Waals surface area contributed by atoms with Crippen LogP contribution in [0.2, 0.25) is 10.0 Å². The molecule has 2 aromatic rings. The summed E-state index contributed by atoms with van der Waals surface area (Å²) < 4.78 is 0.950. The van der Waals surface area contributed by atoms with E-state index in [1.54, 1.807) is 30.3 Å². The van der Waals surface area contributed by atoms with Crippen molar-refractivity contribution in [3.05, 3.63) is 62.5 Å². The number of nitrogens with one attached hydrogen (secondary N) is 1. The number of carbonyl (C=O) groups excluding carboxylic acids is 1. The molecule has 0 aliphatic carbocycles. The first kappa shape index (κ1) is 17.8. The summed E-state index contributed by atoms with van der Waals surface area (Å²) >= 11 is 15.2. The van der Waals surface area contributed by atoms with Gasteiger partial charge in [-0.1, -0.05) is 50.4 Å². The Balaban J connectivity index is 1.73. The Hall–Kier alpha value is -1.56. The first-order valence-corrected chi connectivity index (χ1v) is 8.22. The van der Waals surface area contributed by atoms with E-state index in [0.717, 1.165) is 15.7 Å². The highest BCUT2D eigenvalue weighted by molar-refractivity contribution is 9.10. The molecule has 1 N–H and O–H groups in total. The maximum Gasteiger partial charge on any atom is 0.229 e. The Morgan fingerprint density at radius 2 is 1.96 bits per heavy atom. The van der Waals surface area contributed by atoms with Crippen LogP contribution in [0, 0.1) is 0 Å². The van der Waals surface area contributed by atoms with Gasteiger partial charge in [0, 0.05) is 25.8 Å². The van der Waals surface area contributed by atoms with Gasteiger partial charge in [-0.05, 0) is 36.4 Å². The van der Waals surface area contributed by atoms with Gasteiger partial charge in [0.2, 0.25) is 5.91 Å². The largest absolute Gasteiger partial charge is 0.391 e. The van der Waals surface area contributed by atoms with Gasteiger partial charge in [-0.2, -0.15) is 0 Å². The number of nitrogens with zero attached hydrogens (tertiary/aromatic N) is 1. The summed E-state index contributed by atoms with van der Waals surface area (Å²) in [7, 11) is 0. The van der Waals surface area contributed by atoms with Crippen molar-refractivity contribution in [3.63, 3.8) is 0 Å². The minimum Gasteiger partial charge on any atom is -0.391 e. The first-order chi connectivity index (χ1) is 11.0. The van der Waals surface area contributed by atoms with Gasteiger partial charge in [-0.15, -0.1) is 0 Å². The highest BCUT2D eigenvalue weighted by atomic mass is 79.9. The zero-order valence-electron chi connectivity index (χ0n) is 11.9. The predicted molar refractivity (Wildman–Crippen MR) is 97.1 cm³/mol. The first-order valence-electron chi connectivity index (χ1n) is 6.68. The third-order valence-electron chi connectivity index (χ3n) is 2.79. The lowest BCUT2D eigenvalue weighted by Crippen LogP contribution is -2.11. The summed E-state index contributed by atoms with van der Waals surface area (Å²) in [5, 5.41) is 7.57. The third kappa shape index (κ3) is 6.22. The smallest absolute Gasteiger partial charge is 0.229 e. The van der Waals surface area contributed by atoms with E-state index in [1.807, 2.05) is 12.1 Å². The maximum absolute atomic E-state index is 11.7. The zero-order valence-corrected chi connectivity index (χ0v) is 15.0. The number of hydrogen-bond donors (Lipinski definition) is 1. The Bertz CT molecular complexity index is 706. The van der Waals surface area contributed by atoms with Gasteiger partial charge in [0.1, 0.15) is 6.61 Å². The molecule has 0 saturated heterocycles. The number of carbonyl (C=O) groups is 1. The second kappa shape index (κ2) is 8.91. The molecule has 0 heterocycles. The second-order valence-electron chi connectivity index (χ2n) is 4.56. The lowest BCUT2D eigenvalue weighted by Gasteiger charge is -2.04. The molecule has 0 atom stereocenters. The highest BCUT2D eigenvalue weighted by Crippen LogP contribution is 2.21. The van der Waals surface area contributed by atoms with Crippen LogP contribution in [-0.4, -0.2) is 12.1 Å². The predicted octanol–water partition coefficient (Wildman–Crippen LogP) is 5.29. The molecule has 23 heavy (non-hydrogen) atoms. The van der Waals surface area contributed by atoms with Gasteiger partial charge in [0.15, 0.2) is 0 Å². The standard InChI is InChI=1S/C16H13BrCl2N2O2/c17-12-2-5-14(6-3-12)21-16(22)7-8-20-23-10-11-1-4-13(18)9-15(11)19/h1-6,8-9H,7,10H2,(H,21,22)/b20-8+. The summed E-state index contributed by atoms with van der Waals surface area (Å²) in [6.07, 6.45) is 1.52. The summed E-state index contributed by atoms with van der Waals surface area (Å²) in [6, 6.07) is 12.4. The van der Waals surface area contributed by atoms with Crippen LogP contribution in [0.4, 0.5) is 5.69 Å². The van der Waals surface area contributed by atoms with E-state index < -0.39 is 0 Å². The van der Waals surface area contributed by atoms with Gasteiger partial charge >= 0.3 is 0 Å². The van der Waals surface area contributed by atoms with Crippen molar-refractivity contribution in [3.8, 4) is 0 Å². The number of halogens is 3. The minimum absolute atomic E-state index is 0.115. The Kier molecular flexibility index (Phi) is 6.89. The second-order valence-corrected chi connectivity index (χ2v) is 6.32. The SMILES string of the molecule is O=C(C/C=N/OCc1ccc(Cl)cc1Cl)Nc1ccc(Br)cc1. The van der Waals surface area contributed by atoms with Crippen LogP contribution in [0.25, 0.3) is 0 Å². The minimum atomic E-state index is -0.177. The van der Waals surface area contributed by atoms with Crippen molar-refractivity contribution in [1.29, 1.82) is 0 Å². The van der Waals surface area contributed by atoms with Gasteiger partial charge in [0.25, 0.3) is 0 Å². The van der Waals surface area contributed by atoms with Crippen molar-refractivity contribution < 1.29 is 9.63 Å². The van der Waals surface area contributed by atoms with E-state index >= 15 is 0 Å². The van der Waals surface area contributed by atoms with E-state index in [9.17, 15) is 4.79 Å². The van der Waals surface area contributed by atoms with Crippen LogP contribution in [0.1, 0.15) is 12.0 Å². The van der Waals surface area contributed by atoms with Gasteiger partial charge in [0.05, 0.1) is 12.6 Å². The summed E-state index contributed by atoms with van der Waals surface area (Å²) in [5.74, 6) is -0.177. The molecule has 4 nitrogen and oxygen atoms in total. The van der Waals surface area contributed by atoms with Crippen LogP contribution in [0.5, 0.6) is 0 Å². The quantitative estimate of drug-likeness (QED) is 0.514. The number of oxime groups is 1. The molecular formula is C16H13BrCl2N2O2. The number of rotatable bonds is 6. The van der Waals surface area contributed by atoms with Crippen molar-refractivity contribution in [2.75, 3.05) is 5.32 Å². The lowest BCUT2D eigenvalue weighted by atomic mass is 10.2. The molecule has 2 aromatic carbocycles. The number of hydrogen-bond acceptors (Lipinski definition) is 3. The van der Waals surface area contributed by atoms with E-state index in [-0.39, 0.29) is 18.9 Å². The molecule has 0 aliphatic rings. The fourth-order valence-electron chi connectivity index (χ4n) is 1.66. The van der Waals surface area contributed by atoms with Crippen molar-refractivity contribution in [1.82, 2.24) is 0 Å². The molecule has 120 valence electrons. The summed E-state index contributed by atoms with van der Waals surface area (Å²) in [5.41, 5.74) is 1.49. The highest BCUT2D eigenvalue weighted by Gasteiger charge is 2.02. The van der Waals surface area contributed by atoms with Gasteiger partial charge < -0.3 is 10.2 Å². The molecule has 0 saturated carbocycles. The fraction of sp³-hybridized carbons (Fsp3) is 0.125. The van der Waals surface area contributed by atoms with E-state index in [4.69, 9.17) is 28.0 Å². The molecular weight excluding hydrogens is 403 g/mol. The van der Waals surface area contributed by atoms with Crippen LogP contribution in [-0.2, 0) is 16.2 Å². The molecule has 0 aromatic heterocycles. The summed E-state index contributed by atoms with van der Waals surface area (Å²) in [6.45, 7) is 0.209.